The number of nitrogens with one attached hydrogen (secondary N) is 1. The van der Waals surface area contributed by atoms with Gasteiger partial charge in [-0.3, -0.25) is 4.68 Å². The Kier molecular flexibility index (Phi) is 3.64. The van der Waals surface area contributed by atoms with Crippen LogP contribution >= 0.6 is 0 Å². The molecule has 0 spiro atoms. The van der Waals surface area contributed by atoms with Crippen LogP contribution in [0.15, 0.2) is 6.07 Å². The lowest BCUT2D eigenvalue weighted by atomic mass is 10.1. The zero-order valence-electron chi connectivity index (χ0n) is 10.7. The average Bonchev–Trinajstić information content (AvgIpc) is 3.05. The molecule has 1 aromatic heterocycles. The Bertz CT molecular complexity index is 339. The molecule has 1 saturated carbocycles. The molecular formula is C13H23N3. The number of hydrogen-bond acceptors (Lipinski definition) is 2. The molecule has 1 unspecified atom stereocenters. The van der Waals surface area contributed by atoms with Crippen LogP contribution in [0.4, 0.5) is 0 Å². The van der Waals surface area contributed by atoms with E-state index in [4.69, 9.17) is 0 Å². The van der Waals surface area contributed by atoms with E-state index < -0.39 is 0 Å². The van der Waals surface area contributed by atoms with Gasteiger partial charge in [0.15, 0.2) is 0 Å². The number of nitrogens with zero attached hydrogens (tertiary/aromatic N) is 2. The first-order valence-electron chi connectivity index (χ1n) is 6.43. The third kappa shape index (κ3) is 2.85. The van der Waals surface area contributed by atoms with Gasteiger partial charge < -0.3 is 5.32 Å². The molecule has 0 bridgehead atoms. The predicted octanol–water partition coefficient (Wildman–Crippen LogP) is 2.12. The van der Waals surface area contributed by atoms with Gasteiger partial charge in [0.1, 0.15) is 0 Å². The van der Waals surface area contributed by atoms with E-state index in [9.17, 15) is 0 Å². The van der Waals surface area contributed by atoms with Crippen molar-refractivity contribution in [1.82, 2.24) is 15.1 Å². The van der Waals surface area contributed by atoms with E-state index in [1.54, 1.807) is 0 Å². The van der Waals surface area contributed by atoms with Crippen molar-refractivity contribution in [2.75, 3.05) is 6.54 Å². The topological polar surface area (TPSA) is 29.9 Å². The minimum Gasteiger partial charge on any atom is -0.311 e. The highest BCUT2D eigenvalue weighted by molar-refractivity contribution is 5.09. The SMILES string of the molecule is CCc1cc(CNCC(C)C2CC2)n(C)n1. The maximum Gasteiger partial charge on any atom is 0.0625 e. The Balaban J connectivity index is 1.77. The molecule has 16 heavy (non-hydrogen) atoms. The van der Waals surface area contributed by atoms with Gasteiger partial charge in [-0.25, -0.2) is 0 Å². The van der Waals surface area contributed by atoms with Gasteiger partial charge in [0, 0.05) is 13.6 Å². The number of aromatic nitrogens is 2. The van der Waals surface area contributed by atoms with Gasteiger partial charge in [0.2, 0.25) is 0 Å². The van der Waals surface area contributed by atoms with Gasteiger partial charge in [-0.1, -0.05) is 13.8 Å². The summed E-state index contributed by atoms with van der Waals surface area (Å²) in [6, 6.07) is 2.20. The molecule has 90 valence electrons. The summed E-state index contributed by atoms with van der Waals surface area (Å²) >= 11 is 0. The van der Waals surface area contributed by atoms with E-state index in [2.05, 4.69) is 30.3 Å². The summed E-state index contributed by atoms with van der Waals surface area (Å²) in [5.41, 5.74) is 2.48. The second kappa shape index (κ2) is 5.00. The third-order valence-electron chi connectivity index (χ3n) is 3.59. The summed E-state index contributed by atoms with van der Waals surface area (Å²) in [5.74, 6) is 1.82. The average molecular weight is 221 g/mol. The van der Waals surface area contributed by atoms with Crippen LogP contribution in [0.2, 0.25) is 0 Å². The molecule has 3 heteroatoms. The second-order valence-electron chi connectivity index (χ2n) is 5.05. The van der Waals surface area contributed by atoms with Crippen LogP contribution in [0.3, 0.4) is 0 Å². The van der Waals surface area contributed by atoms with Crippen LogP contribution in [0, 0.1) is 11.8 Å². The minimum absolute atomic E-state index is 0.832. The minimum atomic E-state index is 0.832. The molecule has 1 fully saturated rings. The van der Waals surface area contributed by atoms with Crippen LogP contribution in [-0.2, 0) is 20.0 Å². The quantitative estimate of drug-likeness (QED) is 0.797. The Morgan fingerprint density at radius 3 is 2.88 bits per heavy atom. The Hall–Kier alpha value is -0.830. The lowest BCUT2D eigenvalue weighted by Gasteiger charge is -2.11. The van der Waals surface area contributed by atoms with Gasteiger partial charge >= 0.3 is 0 Å². The van der Waals surface area contributed by atoms with E-state index in [1.807, 2.05) is 11.7 Å². The van der Waals surface area contributed by atoms with Gasteiger partial charge in [-0.15, -0.1) is 0 Å². The molecular weight excluding hydrogens is 198 g/mol. The summed E-state index contributed by atoms with van der Waals surface area (Å²) in [4.78, 5) is 0. The first kappa shape index (κ1) is 11.6. The standard InChI is InChI=1S/C13H23N3/c1-4-12-7-13(16(3)15-12)9-14-8-10(2)11-5-6-11/h7,10-11,14H,4-6,8-9H2,1-3H3. The van der Waals surface area contributed by atoms with Crippen LogP contribution in [0.25, 0.3) is 0 Å². The molecule has 2 rings (SSSR count). The van der Waals surface area contributed by atoms with Gasteiger partial charge in [0.25, 0.3) is 0 Å². The van der Waals surface area contributed by atoms with Crippen LogP contribution < -0.4 is 5.32 Å². The molecule has 0 aliphatic heterocycles. The van der Waals surface area contributed by atoms with Crippen molar-refractivity contribution in [3.8, 4) is 0 Å². The molecule has 1 N–H and O–H groups in total. The fourth-order valence-electron chi connectivity index (χ4n) is 2.17. The highest BCUT2D eigenvalue weighted by atomic mass is 15.3. The normalized spacial score (nSPS) is 17.7. The zero-order valence-corrected chi connectivity index (χ0v) is 10.7. The third-order valence-corrected chi connectivity index (χ3v) is 3.59. The van der Waals surface area contributed by atoms with Crippen molar-refractivity contribution in [3.05, 3.63) is 17.5 Å². The Morgan fingerprint density at radius 2 is 2.31 bits per heavy atom. The van der Waals surface area contributed by atoms with Crippen LogP contribution in [-0.4, -0.2) is 16.3 Å². The predicted molar refractivity (Wildman–Crippen MR) is 66.2 cm³/mol. The van der Waals surface area contributed by atoms with Gasteiger partial charge in [-0.2, -0.15) is 5.10 Å². The van der Waals surface area contributed by atoms with Crippen molar-refractivity contribution in [3.63, 3.8) is 0 Å². The van der Waals surface area contributed by atoms with Crippen LogP contribution in [0.5, 0.6) is 0 Å². The molecule has 1 aliphatic carbocycles. The van der Waals surface area contributed by atoms with Crippen molar-refractivity contribution in [2.24, 2.45) is 18.9 Å². The zero-order chi connectivity index (χ0) is 11.5. The fraction of sp³-hybridized carbons (Fsp3) is 0.769. The number of hydrogen-bond donors (Lipinski definition) is 1. The Labute approximate surface area is 98.2 Å². The summed E-state index contributed by atoms with van der Waals surface area (Å²) in [5, 5.41) is 7.99. The summed E-state index contributed by atoms with van der Waals surface area (Å²) < 4.78 is 1.99. The maximum absolute atomic E-state index is 4.45. The van der Waals surface area contributed by atoms with Crippen molar-refractivity contribution < 1.29 is 0 Å². The van der Waals surface area contributed by atoms with Crippen LogP contribution in [0.1, 0.15) is 38.1 Å². The van der Waals surface area contributed by atoms with E-state index in [-0.39, 0.29) is 0 Å². The first-order valence-corrected chi connectivity index (χ1v) is 6.43. The van der Waals surface area contributed by atoms with E-state index >= 15 is 0 Å². The molecule has 1 heterocycles. The lowest BCUT2D eigenvalue weighted by Crippen LogP contribution is -2.23. The first-order chi connectivity index (χ1) is 7.70. The molecule has 0 aromatic carbocycles. The maximum atomic E-state index is 4.45. The van der Waals surface area contributed by atoms with E-state index in [0.717, 1.165) is 31.3 Å². The fourth-order valence-corrected chi connectivity index (χ4v) is 2.17. The molecule has 1 atom stereocenters. The summed E-state index contributed by atoms with van der Waals surface area (Å²) in [6.07, 6.45) is 3.90. The monoisotopic (exact) mass is 221 g/mol. The van der Waals surface area contributed by atoms with E-state index in [1.165, 1.54) is 24.2 Å². The highest BCUT2D eigenvalue weighted by Crippen LogP contribution is 2.36. The molecule has 1 aliphatic rings. The number of rotatable bonds is 6. The van der Waals surface area contributed by atoms with Crippen molar-refractivity contribution >= 4 is 0 Å². The molecule has 1 aromatic rings. The molecule has 0 saturated heterocycles. The second-order valence-corrected chi connectivity index (χ2v) is 5.05. The van der Waals surface area contributed by atoms with Crippen molar-refractivity contribution in [2.45, 2.75) is 39.7 Å². The summed E-state index contributed by atoms with van der Waals surface area (Å²) in [7, 11) is 2.03. The largest absolute Gasteiger partial charge is 0.311 e. The Morgan fingerprint density at radius 1 is 1.56 bits per heavy atom. The summed E-state index contributed by atoms with van der Waals surface area (Å²) in [6.45, 7) is 6.58. The smallest absolute Gasteiger partial charge is 0.0625 e. The lowest BCUT2D eigenvalue weighted by molar-refractivity contribution is 0.456. The molecule has 0 amide bonds. The highest BCUT2D eigenvalue weighted by Gasteiger charge is 2.27. The van der Waals surface area contributed by atoms with Crippen molar-refractivity contribution in [1.29, 1.82) is 0 Å². The molecule has 0 radical (unpaired) electrons. The van der Waals surface area contributed by atoms with E-state index in [0.29, 0.717) is 0 Å². The van der Waals surface area contributed by atoms with Gasteiger partial charge in [-0.05, 0) is 43.7 Å². The molecule has 3 nitrogen and oxygen atoms in total. The number of aryl methyl sites for hydroxylation is 2. The van der Waals surface area contributed by atoms with Gasteiger partial charge in [0.05, 0.1) is 11.4 Å².